The van der Waals surface area contributed by atoms with Crippen molar-refractivity contribution in [1.29, 1.82) is 0 Å². The molecule has 0 unspecified atom stereocenters. The number of carboxylic acid groups (broad SMARTS) is 1. The van der Waals surface area contributed by atoms with Crippen molar-refractivity contribution in [2.45, 2.75) is 12.8 Å². The van der Waals surface area contributed by atoms with Crippen LogP contribution in [0.3, 0.4) is 0 Å². The van der Waals surface area contributed by atoms with Gasteiger partial charge in [-0.05, 0) is 6.42 Å². The van der Waals surface area contributed by atoms with E-state index in [-0.39, 0.29) is 25.2 Å². The number of para-hydroxylation sites is 1. The van der Waals surface area contributed by atoms with E-state index in [1.807, 2.05) is 0 Å². The van der Waals surface area contributed by atoms with Gasteiger partial charge in [0.2, 0.25) is 0 Å². The Morgan fingerprint density at radius 1 is 1.20 bits per heavy atom. The molecule has 0 aliphatic carbocycles. The molecule has 1 rings (SSSR count). The molecule has 1 aromatic carbocycles. The molecule has 108 valence electrons. The van der Waals surface area contributed by atoms with E-state index in [9.17, 15) is 19.7 Å². The molecular formula is C12H15N3O5. The van der Waals surface area contributed by atoms with Gasteiger partial charge in [0.05, 0.1) is 11.3 Å². The van der Waals surface area contributed by atoms with Crippen LogP contribution in [0.1, 0.15) is 12.0 Å². The number of urea groups is 1. The highest BCUT2D eigenvalue weighted by atomic mass is 16.6. The number of nitro benzene ring substituents is 1. The van der Waals surface area contributed by atoms with E-state index in [0.29, 0.717) is 12.0 Å². The predicted octanol–water partition coefficient (Wildman–Crippen LogP) is 0.911. The Balaban J connectivity index is 2.35. The van der Waals surface area contributed by atoms with Crippen LogP contribution in [-0.4, -0.2) is 35.1 Å². The molecule has 8 heteroatoms. The molecule has 1 aromatic rings. The quantitative estimate of drug-likeness (QED) is 0.506. The molecule has 3 N–H and O–H groups in total. The highest BCUT2D eigenvalue weighted by Gasteiger charge is 2.11. The summed E-state index contributed by atoms with van der Waals surface area (Å²) in [7, 11) is 0. The third-order valence-electron chi connectivity index (χ3n) is 2.49. The summed E-state index contributed by atoms with van der Waals surface area (Å²) in [6.45, 7) is 0.260. The van der Waals surface area contributed by atoms with Gasteiger partial charge >= 0.3 is 12.0 Å². The lowest BCUT2D eigenvalue weighted by Crippen LogP contribution is -2.37. The average molecular weight is 281 g/mol. The zero-order valence-corrected chi connectivity index (χ0v) is 10.7. The minimum Gasteiger partial charge on any atom is -0.481 e. The summed E-state index contributed by atoms with van der Waals surface area (Å²) in [4.78, 5) is 31.8. The number of nitro groups is 1. The van der Waals surface area contributed by atoms with E-state index in [1.165, 1.54) is 6.07 Å². The molecule has 0 radical (unpaired) electrons. The minimum atomic E-state index is -0.995. The van der Waals surface area contributed by atoms with Gasteiger partial charge in [-0.1, -0.05) is 18.2 Å². The summed E-state index contributed by atoms with van der Waals surface area (Å²) >= 11 is 0. The first kappa shape index (κ1) is 15.4. The largest absolute Gasteiger partial charge is 0.481 e. The van der Waals surface area contributed by atoms with Crippen molar-refractivity contribution in [3.05, 3.63) is 39.9 Å². The number of carbonyl (C=O) groups is 2. The van der Waals surface area contributed by atoms with Crippen molar-refractivity contribution in [1.82, 2.24) is 10.6 Å². The van der Waals surface area contributed by atoms with Gasteiger partial charge in [0, 0.05) is 24.7 Å². The van der Waals surface area contributed by atoms with Gasteiger partial charge in [0.25, 0.3) is 5.69 Å². The Morgan fingerprint density at radius 2 is 1.85 bits per heavy atom. The fourth-order valence-corrected chi connectivity index (χ4v) is 1.56. The molecule has 0 saturated carbocycles. The normalized spacial score (nSPS) is 9.80. The summed E-state index contributed by atoms with van der Waals surface area (Å²) in [6.07, 6.45) is 0.168. The first-order valence-corrected chi connectivity index (χ1v) is 5.96. The minimum absolute atomic E-state index is 0.0144. The smallest absolute Gasteiger partial charge is 0.314 e. The summed E-state index contributed by atoms with van der Waals surface area (Å²) < 4.78 is 0. The Kier molecular flexibility index (Phi) is 5.95. The number of nitrogens with zero attached hydrogens (tertiary/aromatic N) is 1. The molecule has 2 amide bonds. The molecule has 0 spiro atoms. The van der Waals surface area contributed by atoms with Gasteiger partial charge < -0.3 is 15.7 Å². The van der Waals surface area contributed by atoms with Crippen LogP contribution in [0.2, 0.25) is 0 Å². The maximum Gasteiger partial charge on any atom is 0.314 e. The Hall–Kier alpha value is -2.64. The number of benzene rings is 1. The number of nitrogens with one attached hydrogen (secondary N) is 2. The van der Waals surface area contributed by atoms with E-state index in [2.05, 4.69) is 10.6 Å². The van der Waals surface area contributed by atoms with Gasteiger partial charge in [0.15, 0.2) is 0 Å². The van der Waals surface area contributed by atoms with Gasteiger partial charge in [-0.3, -0.25) is 14.9 Å². The van der Waals surface area contributed by atoms with Crippen LogP contribution >= 0.6 is 0 Å². The third-order valence-corrected chi connectivity index (χ3v) is 2.49. The van der Waals surface area contributed by atoms with Crippen LogP contribution in [0.4, 0.5) is 10.5 Å². The molecule has 0 aliphatic rings. The van der Waals surface area contributed by atoms with Crippen molar-refractivity contribution in [2.24, 2.45) is 0 Å². The Morgan fingerprint density at radius 3 is 2.50 bits per heavy atom. The number of hydrogen-bond donors (Lipinski definition) is 3. The summed E-state index contributed by atoms with van der Waals surface area (Å²) in [5.74, 6) is -0.995. The lowest BCUT2D eigenvalue weighted by atomic mass is 10.1. The second-order valence-corrected chi connectivity index (χ2v) is 3.96. The molecule has 0 saturated heterocycles. The third kappa shape index (κ3) is 5.34. The van der Waals surface area contributed by atoms with Gasteiger partial charge in [-0.2, -0.15) is 0 Å². The number of hydrogen-bond acceptors (Lipinski definition) is 4. The number of carboxylic acids is 1. The summed E-state index contributed by atoms with van der Waals surface area (Å²) in [5.41, 5.74) is 0.545. The fraction of sp³-hybridized carbons (Fsp3) is 0.333. The number of carbonyl (C=O) groups excluding carboxylic acids is 1. The van der Waals surface area contributed by atoms with Gasteiger partial charge in [0.1, 0.15) is 0 Å². The van der Waals surface area contributed by atoms with Crippen molar-refractivity contribution in [3.63, 3.8) is 0 Å². The first-order valence-electron chi connectivity index (χ1n) is 5.96. The first-order chi connectivity index (χ1) is 9.50. The highest BCUT2D eigenvalue weighted by molar-refractivity contribution is 5.74. The fourth-order valence-electron chi connectivity index (χ4n) is 1.56. The molecule has 20 heavy (non-hydrogen) atoms. The molecular weight excluding hydrogens is 266 g/mol. The molecule has 0 heterocycles. The van der Waals surface area contributed by atoms with E-state index < -0.39 is 16.9 Å². The van der Waals surface area contributed by atoms with E-state index in [1.54, 1.807) is 18.2 Å². The molecule has 0 aromatic heterocycles. The number of aliphatic carboxylic acids is 1. The second-order valence-electron chi connectivity index (χ2n) is 3.96. The van der Waals surface area contributed by atoms with Crippen molar-refractivity contribution >= 4 is 17.7 Å². The van der Waals surface area contributed by atoms with Crippen LogP contribution in [0.25, 0.3) is 0 Å². The van der Waals surface area contributed by atoms with Gasteiger partial charge in [-0.15, -0.1) is 0 Å². The van der Waals surface area contributed by atoms with E-state index in [0.717, 1.165) is 0 Å². The van der Waals surface area contributed by atoms with E-state index >= 15 is 0 Å². The predicted molar refractivity (Wildman–Crippen MR) is 70.5 cm³/mol. The van der Waals surface area contributed by atoms with Crippen LogP contribution in [0.5, 0.6) is 0 Å². The number of rotatable bonds is 7. The van der Waals surface area contributed by atoms with Crippen LogP contribution in [0.15, 0.2) is 24.3 Å². The topological polar surface area (TPSA) is 122 Å². The van der Waals surface area contributed by atoms with Gasteiger partial charge in [-0.25, -0.2) is 4.79 Å². The summed E-state index contributed by atoms with van der Waals surface area (Å²) in [6, 6.07) is 5.80. The molecule has 0 atom stereocenters. The van der Waals surface area contributed by atoms with Crippen molar-refractivity contribution in [3.8, 4) is 0 Å². The van der Waals surface area contributed by atoms with E-state index in [4.69, 9.17) is 5.11 Å². The zero-order chi connectivity index (χ0) is 15.0. The maximum atomic E-state index is 11.3. The lowest BCUT2D eigenvalue weighted by molar-refractivity contribution is -0.385. The van der Waals surface area contributed by atoms with Crippen molar-refractivity contribution in [2.75, 3.05) is 13.1 Å². The average Bonchev–Trinajstić information content (AvgIpc) is 2.38. The number of amides is 2. The Bertz CT molecular complexity index is 504. The second kappa shape index (κ2) is 7.72. The monoisotopic (exact) mass is 281 g/mol. The lowest BCUT2D eigenvalue weighted by Gasteiger charge is -2.07. The maximum absolute atomic E-state index is 11.3. The highest BCUT2D eigenvalue weighted by Crippen LogP contribution is 2.17. The SMILES string of the molecule is O=C(O)CCNC(=O)NCCc1ccccc1[N+](=O)[O-]. The summed E-state index contributed by atoms with van der Waals surface area (Å²) in [5, 5.41) is 24.1. The standard InChI is InChI=1S/C12H15N3O5/c16-11(17)6-8-14-12(18)13-7-5-9-3-1-2-4-10(9)15(19)20/h1-4H,5-8H2,(H,16,17)(H2,13,14,18). The molecule has 0 aliphatic heterocycles. The molecule has 0 bridgehead atoms. The van der Waals surface area contributed by atoms with Crippen LogP contribution in [-0.2, 0) is 11.2 Å². The zero-order valence-electron chi connectivity index (χ0n) is 10.7. The Labute approximate surface area is 114 Å². The van der Waals surface area contributed by atoms with Crippen LogP contribution in [0, 0.1) is 10.1 Å². The van der Waals surface area contributed by atoms with Crippen molar-refractivity contribution < 1.29 is 19.6 Å². The molecule has 8 nitrogen and oxygen atoms in total. The molecule has 0 fully saturated rings. The van der Waals surface area contributed by atoms with Crippen LogP contribution < -0.4 is 10.6 Å².